The second-order valence-corrected chi connectivity index (χ2v) is 9.17. The number of fused-ring (bicyclic) bond motifs is 1. The number of piperidine rings is 1. The van der Waals surface area contributed by atoms with Gasteiger partial charge in [0.1, 0.15) is 0 Å². The molecule has 138 valence electrons. The minimum Gasteiger partial charge on any atom is -0.384 e. The Labute approximate surface area is 149 Å². The first-order valence-corrected chi connectivity index (χ1v) is 10.3. The lowest BCUT2D eigenvalue weighted by Crippen LogP contribution is -2.51. The van der Waals surface area contributed by atoms with Crippen LogP contribution < -0.4 is 0 Å². The van der Waals surface area contributed by atoms with Crippen LogP contribution in [0.5, 0.6) is 0 Å². The van der Waals surface area contributed by atoms with Crippen LogP contribution in [0.1, 0.15) is 22.5 Å². The molecule has 0 bridgehead atoms. The van der Waals surface area contributed by atoms with Gasteiger partial charge in [-0.05, 0) is 31.4 Å². The maximum atomic E-state index is 12.9. The van der Waals surface area contributed by atoms with Gasteiger partial charge in [-0.2, -0.15) is 0 Å². The van der Waals surface area contributed by atoms with E-state index in [1.54, 1.807) is 25.4 Å². The number of methoxy groups -OCH3 is 1. The van der Waals surface area contributed by atoms with Crippen LogP contribution in [0, 0.1) is 18.3 Å². The van der Waals surface area contributed by atoms with E-state index in [0.717, 1.165) is 6.42 Å². The highest BCUT2D eigenvalue weighted by Gasteiger charge is 2.52. The minimum atomic E-state index is -3.25. The maximum absolute atomic E-state index is 12.9. The zero-order valence-corrected chi connectivity index (χ0v) is 15.8. The number of nitrogens with zero attached hydrogens (tertiary/aromatic N) is 3. The zero-order chi connectivity index (χ0) is 18.2. The summed E-state index contributed by atoms with van der Waals surface area (Å²) in [5, 5.41) is 0. The van der Waals surface area contributed by atoms with Crippen molar-refractivity contribution in [2.24, 2.45) is 11.3 Å². The molecule has 0 saturated carbocycles. The summed E-state index contributed by atoms with van der Waals surface area (Å²) in [6, 6.07) is 3.56. The average molecular weight is 367 g/mol. The summed E-state index contributed by atoms with van der Waals surface area (Å²) in [5.74, 6) is 0.0475. The molecule has 25 heavy (non-hydrogen) atoms. The number of carbonyl (C=O) groups excluding carboxylic acids is 1. The van der Waals surface area contributed by atoms with Gasteiger partial charge in [-0.15, -0.1) is 0 Å². The Balaban J connectivity index is 1.82. The van der Waals surface area contributed by atoms with E-state index in [1.165, 1.54) is 10.6 Å². The van der Waals surface area contributed by atoms with Gasteiger partial charge in [0, 0.05) is 50.6 Å². The second-order valence-electron chi connectivity index (χ2n) is 7.19. The number of carbonyl (C=O) groups is 1. The third-order valence-corrected chi connectivity index (χ3v) is 6.74. The smallest absolute Gasteiger partial charge is 0.255 e. The molecule has 2 aliphatic heterocycles. The lowest BCUT2D eigenvalue weighted by atomic mass is 9.73. The molecule has 3 heterocycles. The summed E-state index contributed by atoms with van der Waals surface area (Å²) < 4.78 is 30.9. The molecular formula is C17H25N3O4S. The van der Waals surface area contributed by atoms with Crippen LogP contribution in [-0.2, 0) is 14.8 Å². The van der Waals surface area contributed by atoms with Crippen LogP contribution in [0.15, 0.2) is 18.3 Å². The quantitative estimate of drug-likeness (QED) is 0.785. The highest BCUT2D eigenvalue weighted by atomic mass is 32.2. The fourth-order valence-electron chi connectivity index (χ4n) is 4.07. The van der Waals surface area contributed by atoms with Crippen molar-refractivity contribution >= 4 is 15.9 Å². The largest absolute Gasteiger partial charge is 0.384 e. The fourth-order valence-corrected chi connectivity index (χ4v) is 5.02. The molecule has 2 saturated heterocycles. The number of aryl methyl sites for hydroxylation is 1. The van der Waals surface area contributed by atoms with Gasteiger partial charge in [-0.3, -0.25) is 9.78 Å². The molecule has 0 aliphatic carbocycles. The van der Waals surface area contributed by atoms with Gasteiger partial charge >= 0.3 is 0 Å². The lowest BCUT2D eigenvalue weighted by molar-refractivity contribution is 0.00338. The van der Waals surface area contributed by atoms with Crippen LogP contribution in [0.25, 0.3) is 0 Å². The number of amides is 1. The first-order chi connectivity index (χ1) is 11.8. The highest BCUT2D eigenvalue weighted by molar-refractivity contribution is 7.88. The number of aromatic nitrogens is 1. The molecule has 0 radical (unpaired) electrons. The van der Waals surface area contributed by atoms with Crippen LogP contribution in [0.4, 0.5) is 0 Å². The molecule has 0 aromatic carbocycles. The molecule has 2 atom stereocenters. The summed E-state index contributed by atoms with van der Waals surface area (Å²) in [6.45, 7) is 4.40. The first kappa shape index (κ1) is 18.3. The van der Waals surface area contributed by atoms with Crippen LogP contribution in [-0.4, -0.2) is 74.7 Å². The number of rotatable bonds is 4. The van der Waals surface area contributed by atoms with Crippen molar-refractivity contribution in [2.45, 2.75) is 13.3 Å². The molecule has 3 rings (SSSR count). The normalized spacial score (nSPS) is 27.3. The van der Waals surface area contributed by atoms with Crippen molar-refractivity contribution in [1.82, 2.24) is 14.2 Å². The van der Waals surface area contributed by atoms with Crippen molar-refractivity contribution < 1.29 is 17.9 Å². The van der Waals surface area contributed by atoms with Gasteiger partial charge in [0.2, 0.25) is 10.0 Å². The Bertz CT molecular complexity index is 767. The van der Waals surface area contributed by atoms with Crippen molar-refractivity contribution in [3.05, 3.63) is 29.6 Å². The van der Waals surface area contributed by atoms with Crippen LogP contribution in [0.3, 0.4) is 0 Å². The predicted octanol–water partition coefficient (Wildman–Crippen LogP) is 0.760. The fraction of sp³-hybridized carbons (Fsp3) is 0.647. The van der Waals surface area contributed by atoms with E-state index < -0.39 is 10.0 Å². The third kappa shape index (κ3) is 3.43. The van der Waals surface area contributed by atoms with E-state index in [0.29, 0.717) is 44.0 Å². The summed E-state index contributed by atoms with van der Waals surface area (Å²) in [4.78, 5) is 18.9. The van der Waals surface area contributed by atoms with E-state index in [-0.39, 0.29) is 17.2 Å². The van der Waals surface area contributed by atoms with Gasteiger partial charge < -0.3 is 9.64 Å². The van der Waals surface area contributed by atoms with Gasteiger partial charge in [0.05, 0.1) is 18.4 Å². The van der Waals surface area contributed by atoms with Crippen molar-refractivity contribution in [3.63, 3.8) is 0 Å². The minimum absolute atomic E-state index is 0.0329. The Morgan fingerprint density at radius 3 is 2.84 bits per heavy atom. The van der Waals surface area contributed by atoms with Crippen molar-refractivity contribution in [1.29, 1.82) is 0 Å². The topological polar surface area (TPSA) is 79.8 Å². The number of likely N-dealkylation sites (tertiary alicyclic amines) is 1. The molecule has 0 N–H and O–H groups in total. The summed E-state index contributed by atoms with van der Waals surface area (Å²) in [6.07, 6.45) is 3.65. The van der Waals surface area contributed by atoms with Crippen LogP contribution >= 0.6 is 0 Å². The monoisotopic (exact) mass is 367 g/mol. The third-order valence-electron chi connectivity index (χ3n) is 5.53. The molecule has 2 fully saturated rings. The van der Waals surface area contributed by atoms with Crippen molar-refractivity contribution in [2.75, 3.05) is 46.2 Å². The van der Waals surface area contributed by atoms with Gasteiger partial charge in [-0.1, -0.05) is 0 Å². The Morgan fingerprint density at radius 2 is 2.20 bits per heavy atom. The molecule has 2 unspecified atom stereocenters. The maximum Gasteiger partial charge on any atom is 0.255 e. The van der Waals surface area contributed by atoms with Gasteiger partial charge in [0.15, 0.2) is 0 Å². The van der Waals surface area contributed by atoms with Gasteiger partial charge in [-0.25, -0.2) is 12.7 Å². The Kier molecular flexibility index (Phi) is 4.87. The summed E-state index contributed by atoms with van der Waals surface area (Å²) >= 11 is 0. The van der Waals surface area contributed by atoms with E-state index in [1.807, 2.05) is 11.8 Å². The highest BCUT2D eigenvalue weighted by Crippen LogP contribution is 2.44. The van der Waals surface area contributed by atoms with E-state index in [9.17, 15) is 13.2 Å². The summed E-state index contributed by atoms with van der Waals surface area (Å²) in [5.41, 5.74) is 1.11. The zero-order valence-electron chi connectivity index (χ0n) is 14.9. The number of ether oxygens (including phenoxy) is 1. The van der Waals surface area contributed by atoms with Crippen molar-refractivity contribution in [3.8, 4) is 0 Å². The Morgan fingerprint density at radius 1 is 1.44 bits per heavy atom. The predicted molar refractivity (Wildman–Crippen MR) is 93.7 cm³/mol. The number of sulfonamides is 1. The molecule has 2 aliphatic rings. The average Bonchev–Trinajstić information content (AvgIpc) is 2.94. The van der Waals surface area contributed by atoms with E-state index in [4.69, 9.17) is 4.74 Å². The molecule has 8 heteroatoms. The first-order valence-electron chi connectivity index (χ1n) is 8.42. The second kappa shape index (κ2) is 6.66. The molecule has 1 amide bonds. The molecular weight excluding hydrogens is 342 g/mol. The molecule has 1 aromatic heterocycles. The SMILES string of the molecule is COCC12CCN(C(=O)c3cccnc3C)CC1CN(S(C)(=O)=O)C2. The van der Waals surface area contributed by atoms with Gasteiger partial charge in [0.25, 0.3) is 5.91 Å². The molecule has 0 spiro atoms. The number of pyridine rings is 1. The molecule has 1 aromatic rings. The standard InChI is InChI=1S/C17H25N3O4S/c1-13-15(5-4-7-18-13)16(21)19-8-6-17(12-24-2)11-20(25(3,22)23)10-14(17)9-19/h4-5,7,14H,6,8-12H2,1-3H3. The van der Waals surface area contributed by atoms with Crippen LogP contribution in [0.2, 0.25) is 0 Å². The summed E-state index contributed by atoms with van der Waals surface area (Å²) in [7, 11) is -1.61. The number of hydrogen-bond acceptors (Lipinski definition) is 5. The van der Waals surface area contributed by atoms with E-state index >= 15 is 0 Å². The lowest BCUT2D eigenvalue weighted by Gasteiger charge is -2.43. The Hall–Kier alpha value is -1.51. The van der Waals surface area contributed by atoms with E-state index in [2.05, 4.69) is 4.98 Å². The molecule has 7 nitrogen and oxygen atoms in total. The number of hydrogen-bond donors (Lipinski definition) is 0.